The molecule has 2 heteroatoms. The topological polar surface area (TPSA) is 40.5 Å². The fourth-order valence-corrected chi connectivity index (χ4v) is 2.14. The third kappa shape index (κ3) is 2.19. The first-order valence-electron chi connectivity index (χ1n) is 6.30. The predicted octanol–water partition coefficient (Wildman–Crippen LogP) is 3.89. The van der Waals surface area contributed by atoms with Crippen LogP contribution in [0.3, 0.4) is 0 Å². The molecule has 2 aromatic rings. The number of para-hydroxylation sites is 1. The molecule has 0 aliphatic heterocycles. The van der Waals surface area contributed by atoms with Crippen LogP contribution in [0.2, 0.25) is 0 Å². The lowest BCUT2D eigenvalue weighted by Crippen LogP contribution is -1.91. The van der Waals surface area contributed by atoms with Gasteiger partial charge in [-0.05, 0) is 36.1 Å². The number of benzene rings is 2. The lowest BCUT2D eigenvalue weighted by Gasteiger charge is -2.12. The molecule has 0 spiro atoms. The lowest BCUT2D eigenvalue weighted by atomic mass is 9.95. The van der Waals surface area contributed by atoms with E-state index >= 15 is 0 Å². The first-order chi connectivity index (χ1) is 8.67. The van der Waals surface area contributed by atoms with E-state index in [1.54, 1.807) is 12.1 Å². The molecule has 2 nitrogen and oxygen atoms in total. The third-order valence-electron chi connectivity index (χ3n) is 3.23. The molecule has 0 bridgehead atoms. The van der Waals surface area contributed by atoms with E-state index in [1.165, 1.54) is 5.56 Å². The highest BCUT2D eigenvalue weighted by molar-refractivity contribution is 5.77. The molecule has 0 saturated carbocycles. The monoisotopic (exact) mass is 242 g/mol. The minimum atomic E-state index is 0.197. The van der Waals surface area contributed by atoms with E-state index in [2.05, 4.69) is 6.92 Å². The van der Waals surface area contributed by atoms with E-state index < -0.39 is 0 Å². The van der Waals surface area contributed by atoms with Gasteiger partial charge >= 0.3 is 0 Å². The molecular weight excluding hydrogens is 224 g/mol. The van der Waals surface area contributed by atoms with Crippen molar-refractivity contribution in [3.63, 3.8) is 0 Å². The Kier molecular flexibility index (Phi) is 3.56. The number of hydrogen-bond donors (Lipinski definition) is 2. The third-order valence-corrected chi connectivity index (χ3v) is 3.23. The number of hydrogen-bond acceptors (Lipinski definition) is 2. The van der Waals surface area contributed by atoms with Crippen molar-refractivity contribution in [2.24, 2.45) is 0 Å². The van der Waals surface area contributed by atoms with Gasteiger partial charge in [-0.2, -0.15) is 0 Å². The van der Waals surface area contributed by atoms with Gasteiger partial charge in [0.15, 0.2) is 0 Å². The molecule has 0 fully saturated rings. The summed E-state index contributed by atoms with van der Waals surface area (Å²) < 4.78 is 0. The second kappa shape index (κ2) is 5.13. The van der Waals surface area contributed by atoms with Gasteiger partial charge in [0.25, 0.3) is 0 Å². The van der Waals surface area contributed by atoms with Crippen LogP contribution in [-0.4, -0.2) is 10.2 Å². The quantitative estimate of drug-likeness (QED) is 0.857. The molecule has 2 N–H and O–H groups in total. The molecule has 94 valence electrons. The van der Waals surface area contributed by atoms with Crippen LogP contribution in [0.4, 0.5) is 0 Å². The van der Waals surface area contributed by atoms with E-state index in [0.29, 0.717) is 11.1 Å². The maximum atomic E-state index is 10.3. The van der Waals surface area contributed by atoms with Crippen molar-refractivity contribution < 1.29 is 10.2 Å². The Morgan fingerprint density at radius 1 is 0.889 bits per heavy atom. The second-order valence-corrected chi connectivity index (χ2v) is 4.38. The highest BCUT2D eigenvalue weighted by Gasteiger charge is 2.12. The van der Waals surface area contributed by atoms with Crippen molar-refractivity contribution in [2.75, 3.05) is 0 Å². The minimum absolute atomic E-state index is 0.197. The summed E-state index contributed by atoms with van der Waals surface area (Å²) in [4.78, 5) is 0. The molecule has 2 rings (SSSR count). The molecule has 0 saturated heterocycles. The average molecular weight is 242 g/mol. The van der Waals surface area contributed by atoms with Crippen LogP contribution in [0.1, 0.15) is 25.0 Å². The van der Waals surface area contributed by atoms with Gasteiger partial charge in [-0.15, -0.1) is 0 Å². The van der Waals surface area contributed by atoms with Gasteiger partial charge in [-0.3, -0.25) is 0 Å². The molecular formula is C16H18O2. The molecule has 0 aliphatic carbocycles. The summed E-state index contributed by atoms with van der Waals surface area (Å²) in [6, 6.07) is 11.1. The Balaban J connectivity index is 2.67. The Hall–Kier alpha value is -1.96. The van der Waals surface area contributed by atoms with E-state index in [0.717, 1.165) is 18.4 Å². The van der Waals surface area contributed by atoms with Gasteiger partial charge < -0.3 is 10.2 Å². The number of aromatic hydroxyl groups is 2. The molecule has 18 heavy (non-hydrogen) atoms. The van der Waals surface area contributed by atoms with Crippen LogP contribution in [0.25, 0.3) is 11.1 Å². The first-order valence-corrected chi connectivity index (χ1v) is 6.30. The van der Waals surface area contributed by atoms with Crippen molar-refractivity contribution in [2.45, 2.75) is 26.7 Å². The van der Waals surface area contributed by atoms with Crippen molar-refractivity contribution in [3.8, 4) is 22.6 Å². The smallest absolute Gasteiger partial charge is 0.126 e. The zero-order valence-electron chi connectivity index (χ0n) is 10.8. The summed E-state index contributed by atoms with van der Waals surface area (Å²) in [5.41, 5.74) is 3.49. The Morgan fingerprint density at radius 2 is 1.61 bits per heavy atom. The van der Waals surface area contributed by atoms with Crippen molar-refractivity contribution in [1.82, 2.24) is 0 Å². The highest BCUT2D eigenvalue weighted by Crippen LogP contribution is 2.38. The average Bonchev–Trinajstić information content (AvgIpc) is 2.40. The molecule has 0 atom stereocenters. The fourth-order valence-electron chi connectivity index (χ4n) is 2.14. The number of rotatable bonds is 3. The maximum Gasteiger partial charge on any atom is 0.126 e. The molecule has 0 amide bonds. The number of aryl methyl sites for hydroxylation is 2. The van der Waals surface area contributed by atoms with Crippen molar-refractivity contribution in [1.29, 1.82) is 0 Å². The normalized spacial score (nSPS) is 10.6. The largest absolute Gasteiger partial charge is 0.507 e. The Morgan fingerprint density at radius 3 is 2.22 bits per heavy atom. The number of phenols is 2. The summed E-state index contributed by atoms with van der Waals surface area (Å²) in [6.45, 7) is 4.10. The van der Waals surface area contributed by atoms with Crippen LogP contribution in [0.15, 0.2) is 36.4 Å². The van der Waals surface area contributed by atoms with Gasteiger partial charge in [0.05, 0.1) is 0 Å². The molecule has 0 radical (unpaired) electrons. The van der Waals surface area contributed by atoms with Crippen LogP contribution >= 0.6 is 0 Å². The Labute approximate surface area is 108 Å². The molecule has 0 aliphatic rings. The van der Waals surface area contributed by atoms with Gasteiger partial charge in [0.1, 0.15) is 11.5 Å². The zero-order valence-corrected chi connectivity index (χ0v) is 10.8. The van der Waals surface area contributed by atoms with Gasteiger partial charge in [-0.25, -0.2) is 0 Å². The van der Waals surface area contributed by atoms with E-state index in [9.17, 15) is 10.2 Å². The SMILES string of the molecule is CCc1cc(CC)c(O)c(-c2ccccc2O)c1. The minimum Gasteiger partial charge on any atom is -0.507 e. The summed E-state index contributed by atoms with van der Waals surface area (Å²) >= 11 is 0. The lowest BCUT2D eigenvalue weighted by molar-refractivity contribution is 0.465. The predicted molar refractivity (Wildman–Crippen MR) is 74.0 cm³/mol. The fraction of sp³-hybridized carbons (Fsp3) is 0.250. The van der Waals surface area contributed by atoms with Crippen molar-refractivity contribution in [3.05, 3.63) is 47.5 Å². The standard InChI is InChI=1S/C16H18O2/c1-3-11-9-12(4-2)16(18)14(10-11)13-7-5-6-8-15(13)17/h5-10,17-18H,3-4H2,1-2H3. The van der Waals surface area contributed by atoms with Gasteiger partial charge in [0, 0.05) is 11.1 Å². The van der Waals surface area contributed by atoms with Gasteiger partial charge in [0.2, 0.25) is 0 Å². The molecule has 0 heterocycles. The van der Waals surface area contributed by atoms with Crippen LogP contribution in [-0.2, 0) is 12.8 Å². The van der Waals surface area contributed by atoms with Crippen LogP contribution in [0.5, 0.6) is 11.5 Å². The van der Waals surface area contributed by atoms with Crippen molar-refractivity contribution >= 4 is 0 Å². The van der Waals surface area contributed by atoms with Crippen LogP contribution < -0.4 is 0 Å². The first kappa shape index (κ1) is 12.5. The zero-order chi connectivity index (χ0) is 13.1. The summed E-state index contributed by atoms with van der Waals surface area (Å²) in [5.74, 6) is 0.472. The van der Waals surface area contributed by atoms with Gasteiger partial charge in [-0.1, -0.05) is 38.1 Å². The molecule has 0 aromatic heterocycles. The van der Waals surface area contributed by atoms with E-state index in [-0.39, 0.29) is 11.5 Å². The van der Waals surface area contributed by atoms with Crippen LogP contribution in [0, 0.1) is 0 Å². The molecule has 0 unspecified atom stereocenters. The Bertz CT molecular complexity index is 559. The van der Waals surface area contributed by atoms with E-state index in [1.807, 2.05) is 31.2 Å². The summed E-state index contributed by atoms with van der Waals surface area (Å²) in [7, 11) is 0. The maximum absolute atomic E-state index is 10.3. The van der Waals surface area contributed by atoms with E-state index in [4.69, 9.17) is 0 Å². The number of phenolic OH excluding ortho intramolecular Hbond substituents is 2. The summed E-state index contributed by atoms with van der Waals surface area (Å²) in [6.07, 6.45) is 1.69. The highest BCUT2D eigenvalue weighted by atomic mass is 16.3. The summed E-state index contributed by atoms with van der Waals surface area (Å²) in [5, 5.41) is 20.2. The molecule has 2 aromatic carbocycles. The second-order valence-electron chi connectivity index (χ2n) is 4.38.